The molecule has 158 valence electrons. The highest BCUT2D eigenvalue weighted by Gasteiger charge is 2.18. The van der Waals surface area contributed by atoms with Crippen LogP contribution in [0.1, 0.15) is 17.3 Å². The van der Waals surface area contributed by atoms with Crippen LogP contribution in [-0.4, -0.2) is 50.6 Å². The lowest BCUT2D eigenvalue weighted by atomic mass is 10.2. The van der Waals surface area contributed by atoms with E-state index in [1.807, 2.05) is 6.92 Å². The summed E-state index contributed by atoms with van der Waals surface area (Å²) in [7, 11) is 0. The lowest BCUT2D eigenvalue weighted by molar-refractivity contribution is -0.881. The highest BCUT2D eigenvalue weighted by atomic mass is 16.6. The van der Waals surface area contributed by atoms with Gasteiger partial charge in [-0.05, 0) is 43.3 Å². The Labute approximate surface area is 174 Å². The van der Waals surface area contributed by atoms with Gasteiger partial charge in [0.2, 0.25) is 5.91 Å². The van der Waals surface area contributed by atoms with Crippen LogP contribution in [0.2, 0.25) is 0 Å². The van der Waals surface area contributed by atoms with E-state index in [4.69, 9.17) is 15.2 Å². The Morgan fingerprint density at radius 2 is 1.47 bits per heavy atom. The molecule has 2 aromatic rings. The van der Waals surface area contributed by atoms with Gasteiger partial charge in [-0.15, -0.1) is 0 Å². The zero-order valence-corrected chi connectivity index (χ0v) is 16.7. The number of primary amides is 1. The minimum Gasteiger partial charge on any atom is -0.486 e. The van der Waals surface area contributed by atoms with Crippen molar-refractivity contribution in [3.8, 4) is 11.5 Å². The van der Waals surface area contributed by atoms with E-state index in [1.54, 1.807) is 42.5 Å². The first-order chi connectivity index (χ1) is 14.4. The molecular formula is C21H25N4O5+. The smallest absolute Gasteiger partial charge is 0.279 e. The van der Waals surface area contributed by atoms with Crippen molar-refractivity contribution in [3.05, 3.63) is 48.0 Å². The maximum absolute atomic E-state index is 12.4. The molecule has 1 unspecified atom stereocenters. The van der Waals surface area contributed by atoms with Crippen LogP contribution >= 0.6 is 0 Å². The standard InChI is InChI=1S/C21H24N4O5/c1-2-25(12-19(26)23-15-5-3-14(4-6-15)21(22)28)13-20(27)24-16-7-8-17-18(11-16)30-10-9-29-17/h3-8,11H,2,9-10,12-13H2,1H3,(H2,22,28)(H,23,26)(H,24,27)/p+1. The Morgan fingerprint density at radius 3 is 2.07 bits per heavy atom. The first kappa shape index (κ1) is 21.1. The van der Waals surface area contributed by atoms with Crippen LogP contribution in [0.25, 0.3) is 0 Å². The fraction of sp³-hybridized carbons (Fsp3) is 0.286. The van der Waals surface area contributed by atoms with Gasteiger partial charge in [0.1, 0.15) is 13.2 Å². The molecule has 0 saturated carbocycles. The monoisotopic (exact) mass is 413 g/mol. The molecule has 1 atom stereocenters. The predicted octanol–water partition coefficient (Wildman–Crippen LogP) is 0.0387. The summed E-state index contributed by atoms with van der Waals surface area (Å²) < 4.78 is 11.0. The quantitative estimate of drug-likeness (QED) is 0.486. The first-order valence-corrected chi connectivity index (χ1v) is 9.67. The molecule has 0 fully saturated rings. The molecule has 1 aliphatic heterocycles. The fourth-order valence-corrected chi connectivity index (χ4v) is 3.02. The van der Waals surface area contributed by atoms with Crippen molar-refractivity contribution in [2.24, 2.45) is 5.73 Å². The topological polar surface area (TPSA) is 124 Å². The third kappa shape index (κ3) is 5.71. The number of carbonyl (C=O) groups is 3. The third-order valence-corrected chi connectivity index (χ3v) is 4.60. The van der Waals surface area contributed by atoms with Crippen molar-refractivity contribution in [1.82, 2.24) is 0 Å². The largest absolute Gasteiger partial charge is 0.486 e. The Kier molecular flexibility index (Phi) is 6.87. The molecule has 3 amide bonds. The van der Waals surface area contributed by atoms with E-state index in [9.17, 15) is 14.4 Å². The number of hydrogen-bond acceptors (Lipinski definition) is 5. The lowest BCUT2D eigenvalue weighted by Gasteiger charge is -2.20. The van der Waals surface area contributed by atoms with Crippen LogP contribution in [-0.2, 0) is 9.59 Å². The van der Waals surface area contributed by atoms with Crippen LogP contribution < -0.4 is 30.7 Å². The van der Waals surface area contributed by atoms with Gasteiger partial charge < -0.3 is 30.7 Å². The second kappa shape index (κ2) is 9.75. The van der Waals surface area contributed by atoms with Crippen molar-refractivity contribution in [2.45, 2.75) is 6.92 Å². The summed E-state index contributed by atoms with van der Waals surface area (Å²) in [6, 6.07) is 11.5. The predicted molar refractivity (Wildman–Crippen MR) is 111 cm³/mol. The van der Waals surface area contributed by atoms with Gasteiger partial charge >= 0.3 is 0 Å². The molecule has 0 spiro atoms. The Balaban J connectivity index is 1.51. The van der Waals surface area contributed by atoms with Crippen molar-refractivity contribution >= 4 is 29.1 Å². The number of rotatable bonds is 8. The van der Waals surface area contributed by atoms with Crippen LogP contribution in [0.15, 0.2) is 42.5 Å². The average Bonchev–Trinajstić information content (AvgIpc) is 2.73. The van der Waals surface area contributed by atoms with E-state index in [0.29, 0.717) is 48.2 Å². The number of hydrogen-bond donors (Lipinski definition) is 4. The fourth-order valence-electron chi connectivity index (χ4n) is 3.02. The molecule has 1 heterocycles. The SMILES string of the molecule is CC[NH+](CC(=O)Nc1ccc(C(N)=O)cc1)CC(=O)Nc1ccc2c(c1)OCCO2. The summed E-state index contributed by atoms with van der Waals surface area (Å²) in [4.78, 5) is 36.6. The molecule has 5 N–H and O–H groups in total. The second-order valence-electron chi connectivity index (χ2n) is 6.85. The first-order valence-electron chi connectivity index (χ1n) is 9.67. The second-order valence-corrected chi connectivity index (χ2v) is 6.85. The van der Waals surface area contributed by atoms with Gasteiger partial charge in [-0.25, -0.2) is 0 Å². The summed E-state index contributed by atoms with van der Waals surface area (Å²) in [6.07, 6.45) is 0. The molecule has 1 aliphatic rings. The van der Waals surface area contributed by atoms with Gasteiger partial charge in [0.25, 0.3) is 11.8 Å². The van der Waals surface area contributed by atoms with E-state index in [2.05, 4.69) is 10.6 Å². The Morgan fingerprint density at radius 1 is 0.900 bits per heavy atom. The summed E-state index contributed by atoms with van der Waals surface area (Å²) in [5.74, 6) is 0.285. The van der Waals surface area contributed by atoms with E-state index in [-0.39, 0.29) is 24.9 Å². The number of anilines is 2. The molecule has 0 bridgehead atoms. The minimum absolute atomic E-state index is 0.128. The van der Waals surface area contributed by atoms with Crippen molar-refractivity contribution < 1.29 is 28.8 Å². The van der Waals surface area contributed by atoms with E-state index >= 15 is 0 Å². The number of benzene rings is 2. The van der Waals surface area contributed by atoms with Gasteiger partial charge in [-0.2, -0.15) is 0 Å². The molecule has 9 nitrogen and oxygen atoms in total. The van der Waals surface area contributed by atoms with Gasteiger partial charge in [-0.3, -0.25) is 14.4 Å². The van der Waals surface area contributed by atoms with Crippen LogP contribution in [0, 0.1) is 0 Å². The molecule has 2 aromatic carbocycles. The molecule has 3 rings (SSSR count). The van der Waals surface area contributed by atoms with E-state index in [1.165, 1.54) is 0 Å². The number of nitrogens with one attached hydrogen (secondary N) is 3. The number of fused-ring (bicyclic) bond motifs is 1. The molecule has 0 aromatic heterocycles. The lowest BCUT2D eigenvalue weighted by Crippen LogP contribution is -3.13. The van der Waals surface area contributed by atoms with Gasteiger partial charge in [0, 0.05) is 23.0 Å². The summed E-state index contributed by atoms with van der Waals surface area (Å²) in [5, 5.41) is 5.58. The maximum Gasteiger partial charge on any atom is 0.279 e. The number of amides is 3. The van der Waals surface area contributed by atoms with E-state index in [0.717, 1.165) is 4.90 Å². The summed E-state index contributed by atoms with van der Waals surface area (Å²) >= 11 is 0. The molecule has 30 heavy (non-hydrogen) atoms. The van der Waals surface area contributed by atoms with Crippen molar-refractivity contribution in [1.29, 1.82) is 0 Å². The molecular weight excluding hydrogens is 388 g/mol. The zero-order chi connectivity index (χ0) is 21.5. The van der Waals surface area contributed by atoms with Crippen LogP contribution in [0.3, 0.4) is 0 Å². The third-order valence-electron chi connectivity index (χ3n) is 4.60. The summed E-state index contributed by atoms with van der Waals surface area (Å²) in [6.45, 7) is 3.75. The normalized spacial score (nSPS) is 13.2. The number of carbonyl (C=O) groups excluding carboxylic acids is 3. The molecule has 9 heteroatoms. The highest BCUT2D eigenvalue weighted by Crippen LogP contribution is 2.32. The van der Waals surface area contributed by atoms with E-state index < -0.39 is 5.91 Å². The zero-order valence-electron chi connectivity index (χ0n) is 16.7. The Bertz CT molecular complexity index is 929. The van der Waals surface area contributed by atoms with Gasteiger partial charge in [-0.1, -0.05) is 0 Å². The number of nitrogens with two attached hydrogens (primary N) is 1. The number of ether oxygens (including phenoxy) is 2. The summed E-state index contributed by atoms with van der Waals surface area (Å²) in [5.41, 5.74) is 6.74. The average molecular weight is 413 g/mol. The Hall–Kier alpha value is -3.59. The van der Waals surface area contributed by atoms with Crippen LogP contribution in [0.5, 0.6) is 11.5 Å². The minimum atomic E-state index is -0.529. The molecule has 0 saturated heterocycles. The molecule has 0 aliphatic carbocycles. The van der Waals surface area contributed by atoms with Crippen molar-refractivity contribution in [3.63, 3.8) is 0 Å². The molecule has 0 radical (unpaired) electrons. The highest BCUT2D eigenvalue weighted by molar-refractivity contribution is 5.95. The maximum atomic E-state index is 12.4. The van der Waals surface area contributed by atoms with Crippen molar-refractivity contribution in [2.75, 3.05) is 43.5 Å². The van der Waals surface area contributed by atoms with Gasteiger partial charge in [0.15, 0.2) is 24.6 Å². The van der Waals surface area contributed by atoms with Gasteiger partial charge in [0.05, 0.1) is 6.54 Å². The van der Waals surface area contributed by atoms with Crippen LogP contribution in [0.4, 0.5) is 11.4 Å². The number of quaternary nitrogens is 1. The number of likely N-dealkylation sites (N-methyl/N-ethyl adjacent to an activating group) is 1.